The predicted octanol–water partition coefficient (Wildman–Crippen LogP) is 2.66. The highest BCUT2D eigenvalue weighted by molar-refractivity contribution is 9.10. The molecule has 2 rings (SSSR count). The molecular formula is C12H14BrN3O2. The lowest BCUT2D eigenvalue weighted by atomic mass is 10.2. The van der Waals surface area contributed by atoms with Crippen LogP contribution in [0.2, 0.25) is 0 Å². The van der Waals surface area contributed by atoms with Crippen LogP contribution in [0.5, 0.6) is 5.75 Å². The zero-order valence-corrected chi connectivity index (χ0v) is 11.8. The number of hydrogen-bond donors (Lipinski definition) is 1. The van der Waals surface area contributed by atoms with E-state index in [1.165, 1.54) is 0 Å². The number of aromatic nitrogens is 1. The van der Waals surface area contributed by atoms with Crippen LogP contribution >= 0.6 is 15.9 Å². The summed E-state index contributed by atoms with van der Waals surface area (Å²) in [6.07, 6.45) is 0. The van der Waals surface area contributed by atoms with Crippen molar-refractivity contribution in [2.45, 2.75) is 6.54 Å². The summed E-state index contributed by atoms with van der Waals surface area (Å²) in [5.41, 5.74) is 6.48. The number of rotatable bonds is 4. The molecule has 96 valence electrons. The molecule has 0 spiro atoms. The van der Waals surface area contributed by atoms with Crippen molar-refractivity contribution in [3.05, 3.63) is 34.5 Å². The van der Waals surface area contributed by atoms with E-state index in [4.69, 9.17) is 15.0 Å². The zero-order valence-electron chi connectivity index (χ0n) is 10.2. The SMILES string of the molecule is COc1ccc(Br)cc1N(C)Cc1cc(N)no1. The van der Waals surface area contributed by atoms with Gasteiger partial charge in [-0.3, -0.25) is 0 Å². The zero-order chi connectivity index (χ0) is 13.1. The van der Waals surface area contributed by atoms with Gasteiger partial charge in [-0.25, -0.2) is 0 Å². The Morgan fingerprint density at radius 3 is 2.83 bits per heavy atom. The van der Waals surface area contributed by atoms with Gasteiger partial charge < -0.3 is 19.9 Å². The Morgan fingerprint density at radius 1 is 1.44 bits per heavy atom. The summed E-state index contributed by atoms with van der Waals surface area (Å²) in [5.74, 6) is 1.89. The molecule has 0 aliphatic heterocycles. The third kappa shape index (κ3) is 2.76. The Kier molecular flexibility index (Phi) is 3.76. The number of anilines is 2. The highest BCUT2D eigenvalue weighted by Crippen LogP contribution is 2.31. The largest absolute Gasteiger partial charge is 0.495 e. The number of nitrogens with zero attached hydrogens (tertiary/aromatic N) is 2. The number of nitrogen functional groups attached to an aromatic ring is 1. The predicted molar refractivity (Wildman–Crippen MR) is 73.7 cm³/mol. The summed E-state index contributed by atoms with van der Waals surface area (Å²) in [6.45, 7) is 0.566. The molecule has 1 aromatic carbocycles. The molecule has 18 heavy (non-hydrogen) atoms. The first kappa shape index (κ1) is 12.8. The van der Waals surface area contributed by atoms with E-state index in [0.717, 1.165) is 15.9 Å². The summed E-state index contributed by atoms with van der Waals surface area (Å²) in [7, 11) is 3.59. The topological polar surface area (TPSA) is 64.5 Å². The molecule has 5 nitrogen and oxygen atoms in total. The van der Waals surface area contributed by atoms with Gasteiger partial charge in [0.1, 0.15) is 5.75 Å². The minimum atomic E-state index is 0.389. The van der Waals surface area contributed by atoms with Gasteiger partial charge in [0.05, 0.1) is 19.3 Å². The molecule has 0 aliphatic rings. The van der Waals surface area contributed by atoms with Crippen LogP contribution in [0.4, 0.5) is 11.5 Å². The first-order valence-corrected chi connectivity index (χ1v) is 6.15. The lowest BCUT2D eigenvalue weighted by molar-refractivity contribution is 0.384. The number of hydrogen-bond acceptors (Lipinski definition) is 5. The molecule has 0 aliphatic carbocycles. The van der Waals surface area contributed by atoms with Crippen molar-refractivity contribution in [3.63, 3.8) is 0 Å². The normalized spacial score (nSPS) is 10.4. The van der Waals surface area contributed by atoms with Crippen molar-refractivity contribution in [1.29, 1.82) is 0 Å². The average molecular weight is 312 g/mol. The average Bonchev–Trinajstić information content (AvgIpc) is 2.74. The van der Waals surface area contributed by atoms with Gasteiger partial charge in [0, 0.05) is 17.6 Å². The van der Waals surface area contributed by atoms with E-state index in [1.54, 1.807) is 13.2 Å². The van der Waals surface area contributed by atoms with Gasteiger partial charge in [-0.05, 0) is 18.2 Å². The highest BCUT2D eigenvalue weighted by Gasteiger charge is 2.11. The fourth-order valence-corrected chi connectivity index (χ4v) is 2.03. The monoisotopic (exact) mass is 311 g/mol. The van der Waals surface area contributed by atoms with E-state index in [-0.39, 0.29) is 0 Å². The van der Waals surface area contributed by atoms with Crippen molar-refractivity contribution in [3.8, 4) is 5.75 Å². The van der Waals surface area contributed by atoms with E-state index in [1.807, 2.05) is 30.1 Å². The Bertz CT molecular complexity index is 542. The van der Waals surface area contributed by atoms with Gasteiger partial charge in [-0.15, -0.1) is 0 Å². The molecule has 0 saturated carbocycles. The third-order valence-corrected chi connectivity index (χ3v) is 3.02. The summed E-state index contributed by atoms with van der Waals surface area (Å²) in [6, 6.07) is 7.53. The van der Waals surface area contributed by atoms with Crippen molar-refractivity contribution >= 4 is 27.4 Å². The molecule has 0 saturated heterocycles. The molecule has 0 atom stereocenters. The van der Waals surface area contributed by atoms with Gasteiger partial charge >= 0.3 is 0 Å². The number of methoxy groups -OCH3 is 1. The van der Waals surface area contributed by atoms with Gasteiger partial charge in [0.25, 0.3) is 0 Å². The van der Waals surface area contributed by atoms with E-state index in [9.17, 15) is 0 Å². The third-order valence-electron chi connectivity index (χ3n) is 2.52. The number of ether oxygens (including phenoxy) is 1. The Morgan fingerprint density at radius 2 is 2.22 bits per heavy atom. The molecule has 2 N–H and O–H groups in total. The number of nitrogens with two attached hydrogens (primary N) is 1. The minimum absolute atomic E-state index is 0.389. The molecule has 0 bridgehead atoms. The second kappa shape index (κ2) is 5.30. The first-order valence-electron chi connectivity index (χ1n) is 5.36. The van der Waals surface area contributed by atoms with Gasteiger partial charge in [0.15, 0.2) is 11.6 Å². The molecule has 1 aromatic heterocycles. The second-order valence-corrected chi connectivity index (χ2v) is 4.81. The van der Waals surface area contributed by atoms with Gasteiger partial charge in [0.2, 0.25) is 0 Å². The van der Waals surface area contributed by atoms with Gasteiger partial charge in [-0.1, -0.05) is 21.1 Å². The lowest BCUT2D eigenvalue weighted by Gasteiger charge is -2.20. The van der Waals surface area contributed by atoms with E-state index >= 15 is 0 Å². The maximum atomic E-state index is 5.52. The van der Waals surface area contributed by atoms with Crippen LogP contribution in [-0.2, 0) is 6.54 Å². The Hall–Kier alpha value is -1.69. The Balaban J connectivity index is 2.22. The quantitative estimate of drug-likeness (QED) is 0.940. The summed E-state index contributed by atoms with van der Waals surface area (Å²) >= 11 is 3.45. The molecule has 2 aromatic rings. The van der Waals surface area contributed by atoms with Crippen LogP contribution in [0.15, 0.2) is 33.3 Å². The van der Waals surface area contributed by atoms with Crippen LogP contribution in [0, 0.1) is 0 Å². The summed E-state index contributed by atoms with van der Waals surface area (Å²) < 4.78 is 11.4. The fourth-order valence-electron chi connectivity index (χ4n) is 1.68. The second-order valence-electron chi connectivity index (χ2n) is 3.89. The van der Waals surface area contributed by atoms with Crippen LogP contribution in [0.3, 0.4) is 0 Å². The lowest BCUT2D eigenvalue weighted by Crippen LogP contribution is -2.16. The van der Waals surface area contributed by atoms with E-state index in [2.05, 4.69) is 21.1 Å². The first-order chi connectivity index (χ1) is 8.60. The van der Waals surface area contributed by atoms with E-state index in [0.29, 0.717) is 18.1 Å². The molecule has 0 unspecified atom stereocenters. The molecule has 0 radical (unpaired) electrons. The maximum absolute atomic E-state index is 5.52. The van der Waals surface area contributed by atoms with Crippen molar-refractivity contribution in [2.24, 2.45) is 0 Å². The highest BCUT2D eigenvalue weighted by atomic mass is 79.9. The Labute approximate surface area is 114 Å². The maximum Gasteiger partial charge on any atom is 0.167 e. The number of halogens is 1. The molecule has 0 fully saturated rings. The molecule has 1 heterocycles. The van der Waals surface area contributed by atoms with Crippen LogP contribution in [0.1, 0.15) is 5.76 Å². The molecular weight excluding hydrogens is 298 g/mol. The summed E-state index contributed by atoms with van der Waals surface area (Å²) in [5, 5.41) is 3.66. The minimum Gasteiger partial charge on any atom is -0.495 e. The molecule has 0 amide bonds. The summed E-state index contributed by atoms with van der Waals surface area (Å²) in [4.78, 5) is 2.00. The van der Waals surface area contributed by atoms with Gasteiger partial charge in [-0.2, -0.15) is 0 Å². The number of benzene rings is 1. The van der Waals surface area contributed by atoms with Crippen molar-refractivity contribution in [1.82, 2.24) is 5.16 Å². The van der Waals surface area contributed by atoms with Crippen molar-refractivity contribution in [2.75, 3.05) is 24.8 Å². The molecule has 6 heteroatoms. The van der Waals surface area contributed by atoms with Crippen molar-refractivity contribution < 1.29 is 9.26 Å². The fraction of sp³-hybridized carbons (Fsp3) is 0.250. The van der Waals surface area contributed by atoms with Crippen LogP contribution < -0.4 is 15.4 Å². The van der Waals surface area contributed by atoms with Crippen LogP contribution in [-0.4, -0.2) is 19.3 Å². The van der Waals surface area contributed by atoms with E-state index < -0.39 is 0 Å². The standard InChI is InChI=1S/C12H14BrN3O2/c1-16(7-9-6-12(14)15-18-9)10-5-8(13)3-4-11(10)17-2/h3-6H,7H2,1-2H3,(H2,14,15). The van der Waals surface area contributed by atoms with Crippen LogP contribution in [0.25, 0.3) is 0 Å². The smallest absolute Gasteiger partial charge is 0.167 e.